The maximum atomic E-state index is 13.3. The Labute approximate surface area is 194 Å². The van der Waals surface area contributed by atoms with Gasteiger partial charge in [0, 0.05) is 37.0 Å². The van der Waals surface area contributed by atoms with Crippen molar-refractivity contribution in [2.45, 2.75) is 26.4 Å². The van der Waals surface area contributed by atoms with E-state index in [2.05, 4.69) is 5.32 Å². The number of rotatable bonds is 11. The Hall–Kier alpha value is -3.52. The van der Waals surface area contributed by atoms with Crippen molar-refractivity contribution in [3.63, 3.8) is 0 Å². The summed E-state index contributed by atoms with van der Waals surface area (Å²) < 4.78 is 21.4. The van der Waals surface area contributed by atoms with E-state index in [1.807, 2.05) is 13.8 Å². The maximum absolute atomic E-state index is 13.3. The minimum atomic E-state index is -0.392. The second kappa shape index (κ2) is 10.9. The van der Waals surface area contributed by atoms with Crippen LogP contribution in [0, 0.1) is 0 Å². The highest BCUT2D eigenvalue weighted by Crippen LogP contribution is 2.33. The number of hydrogen-bond acceptors (Lipinski definition) is 7. The fraction of sp³-hybridized carbons (Fsp3) is 0.360. The highest BCUT2D eigenvalue weighted by molar-refractivity contribution is 6.36. The normalized spacial score (nSPS) is 13.7. The molecule has 2 aromatic carbocycles. The second-order valence-corrected chi connectivity index (χ2v) is 7.74. The first-order chi connectivity index (χ1) is 15.9. The lowest BCUT2D eigenvalue weighted by atomic mass is 10.0. The van der Waals surface area contributed by atoms with Gasteiger partial charge < -0.3 is 24.3 Å². The standard InChI is InChI=1S/C25H30N2O6/c1-16(2)33-12-6-11-27-24(28)22(17-7-9-19(30-3)10-8-17)23(25(27)29)26-18-13-20(31-4)15-21(14-18)32-5/h7-10,13-16,26H,6,11-12H2,1-5H3. The number of ether oxygens (including phenoxy) is 4. The molecule has 8 nitrogen and oxygen atoms in total. The van der Waals surface area contributed by atoms with Crippen molar-refractivity contribution in [1.82, 2.24) is 4.90 Å². The van der Waals surface area contributed by atoms with Crippen LogP contribution >= 0.6 is 0 Å². The molecule has 0 radical (unpaired) electrons. The molecule has 1 aliphatic rings. The van der Waals surface area contributed by atoms with Crippen LogP contribution in [-0.4, -0.2) is 57.3 Å². The summed E-state index contributed by atoms with van der Waals surface area (Å²) in [5.41, 5.74) is 1.69. The van der Waals surface area contributed by atoms with Crippen molar-refractivity contribution in [3.05, 3.63) is 53.7 Å². The number of methoxy groups -OCH3 is 3. The molecule has 0 unspecified atom stereocenters. The summed E-state index contributed by atoms with van der Waals surface area (Å²) in [4.78, 5) is 27.9. The Kier molecular flexibility index (Phi) is 7.95. The number of anilines is 1. The molecular formula is C25H30N2O6. The number of carbonyl (C=O) groups excluding carboxylic acids is 2. The zero-order valence-electron chi connectivity index (χ0n) is 19.6. The van der Waals surface area contributed by atoms with Gasteiger partial charge in [0.15, 0.2) is 0 Å². The van der Waals surface area contributed by atoms with Crippen molar-refractivity contribution in [1.29, 1.82) is 0 Å². The Morgan fingerprint density at radius 2 is 1.45 bits per heavy atom. The van der Waals surface area contributed by atoms with Gasteiger partial charge in [-0.2, -0.15) is 0 Å². The summed E-state index contributed by atoms with van der Waals surface area (Å²) in [6.07, 6.45) is 0.634. The van der Waals surface area contributed by atoms with Gasteiger partial charge in [-0.3, -0.25) is 14.5 Å². The van der Waals surface area contributed by atoms with E-state index in [0.29, 0.717) is 47.1 Å². The van der Waals surface area contributed by atoms with Crippen LogP contribution in [0.15, 0.2) is 48.2 Å². The van der Waals surface area contributed by atoms with Crippen molar-refractivity contribution in [3.8, 4) is 17.2 Å². The lowest BCUT2D eigenvalue weighted by molar-refractivity contribution is -0.137. The van der Waals surface area contributed by atoms with Crippen LogP contribution < -0.4 is 19.5 Å². The topological polar surface area (TPSA) is 86.3 Å². The molecule has 3 rings (SSSR count). The zero-order valence-corrected chi connectivity index (χ0v) is 19.6. The number of hydrogen-bond donors (Lipinski definition) is 1. The van der Waals surface area contributed by atoms with E-state index < -0.39 is 5.91 Å². The number of nitrogens with one attached hydrogen (secondary N) is 1. The molecule has 0 fully saturated rings. The van der Waals surface area contributed by atoms with Crippen LogP contribution in [0.5, 0.6) is 17.2 Å². The zero-order chi connectivity index (χ0) is 24.0. The van der Waals surface area contributed by atoms with Crippen molar-refractivity contribution in [2.24, 2.45) is 0 Å². The quantitative estimate of drug-likeness (QED) is 0.409. The van der Waals surface area contributed by atoms with Gasteiger partial charge in [0.25, 0.3) is 11.8 Å². The van der Waals surface area contributed by atoms with Gasteiger partial charge >= 0.3 is 0 Å². The van der Waals surface area contributed by atoms with Crippen LogP contribution in [0.25, 0.3) is 5.57 Å². The van der Waals surface area contributed by atoms with Crippen LogP contribution in [-0.2, 0) is 14.3 Å². The average Bonchev–Trinajstić information content (AvgIpc) is 3.05. The van der Waals surface area contributed by atoms with Crippen LogP contribution in [0.1, 0.15) is 25.8 Å². The van der Waals surface area contributed by atoms with Crippen LogP contribution in [0.4, 0.5) is 5.69 Å². The molecule has 8 heteroatoms. The molecule has 0 saturated heterocycles. The van der Waals surface area contributed by atoms with E-state index in [0.717, 1.165) is 0 Å². The molecule has 0 aromatic heterocycles. The van der Waals surface area contributed by atoms with E-state index in [4.69, 9.17) is 18.9 Å². The highest BCUT2D eigenvalue weighted by Gasteiger charge is 2.39. The predicted octanol–water partition coefficient (Wildman–Crippen LogP) is 3.72. The first-order valence-electron chi connectivity index (χ1n) is 10.7. The Bertz CT molecular complexity index is 1010. The van der Waals surface area contributed by atoms with Gasteiger partial charge in [-0.1, -0.05) is 12.1 Å². The lowest BCUT2D eigenvalue weighted by Gasteiger charge is -2.16. The van der Waals surface area contributed by atoms with Crippen LogP contribution in [0.3, 0.4) is 0 Å². The first-order valence-corrected chi connectivity index (χ1v) is 10.7. The summed E-state index contributed by atoms with van der Waals surface area (Å²) in [6.45, 7) is 4.61. The van der Waals surface area contributed by atoms with Crippen molar-refractivity contribution < 1.29 is 28.5 Å². The lowest BCUT2D eigenvalue weighted by Crippen LogP contribution is -2.34. The molecule has 0 atom stereocenters. The van der Waals surface area contributed by atoms with Crippen molar-refractivity contribution >= 4 is 23.1 Å². The molecule has 176 valence electrons. The van der Waals surface area contributed by atoms with Gasteiger partial charge in [0.05, 0.1) is 33.0 Å². The summed E-state index contributed by atoms with van der Waals surface area (Å²) in [6, 6.07) is 12.2. The largest absolute Gasteiger partial charge is 0.497 e. The SMILES string of the molecule is COc1ccc(C2=C(Nc3cc(OC)cc(OC)c3)C(=O)N(CCCOC(C)C)C2=O)cc1. The first kappa shape index (κ1) is 24.1. The highest BCUT2D eigenvalue weighted by atomic mass is 16.5. The number of nitrogens with zero attached hydrogens (tertiary/aromatic N) is 1. The molecule has 1 aliphatic heterocycles. The van der Waals surface area contributed by atoms with Gasteiger partial charge in [-0.15, -0.1) is 0 Å². The van der Waals surface area contributed by atoms with E-state index >= 15 is 0 Å². The molecule has 2 amide bonds. The fourth-order valence-corrected chi connectivity index (χ4v) is 3.49. The Morgan fingerprint density at radius 1 is 0.848 bits per heavy atom. The summed E-state index contributed by atoms with van der Waals surface area (Å²) >= 11 is 0. The molecule has 0 saturated carbocycles. The van der Waals surface area contributed by atoms with Gasteiger partial charge in [0.1, 0.15) is 22.9 Å². The molecule has 0 bridgehead atoms. The summed E-state index contributed by atoms with van der Waals surface area (Å²) in [7, 11) is 4.67. The maximum Gasteiger partial charge on any atom is 0.278 e. The number of benzene rings is 2. The van der Waals surface area contributed by atoms with E-state index in [1.165, 1.54) is 4.90 Å². The monoisotopic (exact) mass is 454 g/mol. The third-order valence-corrected chi connectivity index (χ3v) is 5.14. The minimum absolute atomic E-state index is 0.0863. The molecule has 2 aromatic rings. The van der Waals surface area contributed by atoms with Crippen LogP contribution in [0.2, 0.25) is 0 Å². The number of carbonyl (C=O) groups is 2. The smallest absolute Gasteiger partial charge is 0.278 e. The Balaban J connectivity index is 1.95. The number of amides is 2. The minimum Gasteiger partial charge on any atom is -0.497 e. The second-order valence-electron chi connectivity index (χ2n) is 7.74. The molecule has 33 heavy (non-hydrogen) atoms. The van der Waals surface area contributed by atoms with E-state index in [9.17, 15) is 9.59 Å². The summed E-state index contributed by atoms with van der Waals surface area (Å²) in [5.74, 6) is 1.03. The third kappa shape index (κ3) is 5.64. The summed E-state index contributed by atoms with van der Waals surface area (Å²) in [5, 5.41) is 3.13. The van der Waals surface area contributed by atoms with Gasteiger partial charge in [-0.25, -0.2) is 0 Å². The Morgan fingerprint density at radius 3 is 2.00 bits per heavy atom. The molecule has 0 spiro atoms. The third-order valence-electron chi connectivity index (χ3n) is 5.14. The fourth-order valence-electron chi connectivity index (χ4n) is 3.49. The molecule has 0 aliphatic carbocycles. The van der Waals surface area contributed by atoms with E-state index in [1.54, 1.807) is 63.8 Å². The van der Waals surface area contributed by atoms with Crippen molar-refractivity contribution in [2.75, 3.05) is 39.8 Å². The average molecular weight is 455 g/mol. The molecule has 1 heterocycles. The van der Waals surface area contributed by atoms with E-state index in [-0.39, 0.29) is 24.3 Å². The molecule has 1 N–H and O–H groups in total. The molecular weight excluding hydrogens is 424 g/mol. The van der Waals surface area contributed by atoms with Gasteiger partial charge in [-0.05, 0) is 38.0 Å². The van der Waals surface area contributed by atoms with Gasteiger partial charge in [0.2, 0.25) is 0 Å². The number of imide groups is 1. The predicted molar refractivity (Wildman–Crippen MR) is 126 cm³/mol.